The van der Waals surface area contributed by atoms with Crippen molar-refractivity contribution in [2.75, 3.05) is 18.0 Å². The largest absolute Gasteiger partial charge is 0.755 e. The van der Waals surface area contributed by atoms with Gasteiger partial charge in [-0.25, -0.2) is 13.6 Å². The number of rotatable bonds is 6. The number of hydrogen-bond acceptors (Lipinski definition) is 5. The van der Waals surface area contributed by atoms with Gasteiger partial charge < -0.3 is 14.0 Å². The highest BCUT2D eigenvalue weighted by Gasteiger charge is 2.22. The molecule has 0 N–H and O–H groups in total. The number of methoxy groups -OCH3 is 1. The number of anilines is 2. The summed E-state index contributed by atoms with van der Waals surface area (Å²) >= 11 is 2.63. The maximum absolute atomic E-state index is 14.5. The van der Waals surface area contributed by atoms with E-state index in [9.17, 15) is 22.3 Å². The van der Waals surface area contributed by atoms with E-state index in [-0.39, 0.29) is 28.6 Å². The van der Waals surface area contributed by atoms with E-state index in [4.69, 9.17) is 21.1 Å². The number of ether oxygens (including phenoxy) is 2. The summed E-state index contributed by atoms with van der Waals surface area (Å²) in [5, 5.41) is -0.291. The molecule has 0 aliphatic rings. The van der Waals surface area contributed by atoms with Crippen LogP contribution in [0.5, 0.6) is 5.75 Å². The molecule has 1 unspecified atom stereocenters. The number of nitrogens with zero attached hydrogens (tertiary/aromatic N) is 1. The molecule has 10 heteroatoms. The number of esters is 1. The normalized spacial score (nSPS) is 11.8. The van der Waals surface area contributed by atoms with Crippen molar-refractivity contribution in [2.45, 2.75) is 6.92 Å². The summed E-state index contributed by atoms with van der Waals surface area (Å²) in [7, 11) is 1.22. The molecule has 0 aliphatic heterocycles. The quantitative estimate of drug-likeness (QED) is 0.541. The van der Waals surface area contributed by atoms with Crippen molar-refractivity contribution in [3.63, 3.8) is 0 Å². The first-order valence-corrected chi connectivity index (χ1v) is 8.60. The third kappa shape index (κ3) is 4.12. The van der Waals surface area contributed by atoms with Gasteiger partial charge in [-0.15, -0.1) is 0 Å². The maximum atomic E-state index is 14.5. The van der Waals surface area contributed by atoms with Crippen molar-refractivity contribution >= 4 is 40.2 Å². The predicted molar refractivity (Wildman–Crippen MR) is 91.4 cm³/mol. The second kappa shape index (κ2) is 8.43. The van der Waals surface area contributed by atoms with E-state index in [0.717, 1.165) is 24.3 Å². The minimum Gasteiger partial charge on any atom is -0.755 e. The summed E-state index contributed by atoms with van der Waals surface area (Å²) in [6, 6.07) is 4.94. The van der Waals surface area contributed by atoms with Crippen LogP contribution in [0.2, 0.25) is 5.02 Å². The number of halogens is 3. The van der Waals surface area contributed by atoms with E-state index in [0.29, 0.717) is 4.31 Å². The molecule has 26 heavy (non-hydrogen) atoms. The lowest BCUT2D eigenvalue weighted by Gasteiger charge is -2.28. The van der Waals surface area contributed by atoms with Crippen LogP contribution in [-0.2, 0) is 16.0 Å². The zero-order chi connectivity index (χ0) is 19.4. The third-order valence-electron chi connectivity index (χ3n) is 3.27. The first-order valence-electron chi connectivity index (χ1n) is 7.19. The topological polar surface area (TPSA) is 78.9 Å². The summed E-state index contributed by atoms with van der Waals surface area (Å²) < 4.78 is 61.9. The van der Waals surface area contributed by atoms with Crippen LogP contribution in [0.25, 0.3) is 0 Å². The Kier molecular flexibility index (Phi) is 6.52. The number of hydrogen-bond donors (Lipinski definition) is 0. The van der Waals surface area contributed by atoms with E-state index in [1.165, 1.54) is 13.2 Å². The fourth-order valence-electron chi connectivity index (χ4n) is 2.14. The summed E-state index contributed by atoms with van der Waals surface area (Å²) in [5.41, 5.74) is -0.823. The molecule has 2 aromatic rings. The lowest BCUT2D eigenvalue weighted by molar-refractivity contribution is 0.0526. The highest BCUT2D eigenvalue weighted by Crippen LogP contribution is 2.39. The lowest BCUT2D eigenvalue weighted by atomic mass is 10.2. The van der Waals surface area contributed by atoms with Gasteiger partial charge in [0.25, 0.3) is 0 Å². The van der Waals surface area contributed by atoms with Gasteiger partial charge in [-0.2, -0.15) is 0 Å². The van der Waals surface area contributed by atoms with Crippen LogP contribution in [0, 0.1) is 11.6 Å². The molecule has 0 radical (unpaired) electrons. The Morgan fingerprint density at radius 1 is 1.23 bits per heavy atom. The summed E-state index contributed by atoms with van der Waals surface area (Å²) in [6.45, 7) is 1.69. The van der Waals surface area contributed by atoms with Crippen LogP contribution in [-0.4, -0.2) is 28.4 Å². The van der Waals surface area contributed by atoms with Gasteiger partial charge in [0.05, 0.1) is 46.9 Å². The molecule has 0 saturated heterocycles. The molecule has 6 nitrogen and oxygen atoms in total. The van der Waals surface area contributed by atoms with E-state index < -0.39 is 34.6 Å². The molecule has 0 saturated carbocycles. The van der Waals surface area contributed by atoms with Crippen LogP contribution in [0.3, 0.4) is 0 Å². The van der Waals surface area contributed by atoms with E-state index in [2.05, 4.69) is 0 Å². The minimum atomic E-state index is -3.03. The van der Waals surface area contributed by atoms with Crippen LogP contribution in [0.4, 0.5) is 20.2 Å². The van der Waals surface area contributed by atoms with Crippen LogP contribution < -0.4 is 9.04 Å². The van der Waals surface area contributed by atoms with E-state index in [1.807, 2.05) is 0 Å². The zero-order valence-corrected chi connectivity index (χ0v) is 15.2. The van der Waals surface area contributed by atoms with Crippen LogP contribution in [0.15, 0.2) is 30.3 Å². The Balaban J connectivity index is 2.57. The monoisotopic (exact) mass is 404 g/mol. The van der Waals surface area contributed by atoms with Gasteiger partial charge in [0, 0.05) is 12.1 Å². The molecule has 0 heterocycles. The molecule has 140 valence electrons. The van der Waals surface area contributed by atoms with E-state index in [1.54, 1.807) is 6.92 Å². The van der Waals surface area contributed by atoms with Crippen LogP contribution >= 0.6 is 11.6 Å². The molecule has 0 aliphatic carbocycles. The zero-order valence-electron chi connectivity index (χ0n) is 13.6. The smallest absolute Gasteiger partial charge is 0.338 e. The molecule has 2 aromatic carbocycles. The average Bonchev–Trinajstić information content (AvgIpc) is 2.59. The number of benzene rings is 2. The molecule has 2 rings (SSSR count). The fraction of sp³-hybridized carbons (Fsp3) is 0.188. The standard InChI is InChI=1S/C16H14ClF2NO5S/c1-3-25-16(21)9-4-5-13(12(19)6-9)20(26(22)23)14-8-11(18)10(17)7-15(14)24-2/h4-8H,3H2,1-2H3,(H,22,23)/p-1. The molecule has 1 atom stereocenters. The first kappa shape index (κ1) is 20.1. The second-order valence-electron chi connectivity index (χ2n) is 4.84. The van der Waals surface area contributed by atoms with Crippen molar-refractivity contribution in [2.24, 2.45) is 0 Å². The minimum absolute atomic E-state index is 0.0885. The van der Waals surface area contributed by atoms with Gasteiger partial charge in [0.1, 0.15) is 17.4 Å². The van der Waals surface area contributed by atoms with Crippen molar-refractivity contribution in [3.05, 3.63) is 52.6 Å². The van der Waals surface area contributed by atoms with Gasteiger partial charge in [0.15, 0.2) is 0 Å². The molecule has 0 amide bonds. The molecule has 0 fully saturated rings. The summed E-state index contributed by atoms with van der Waals surface area (Å²) in [6.07, 6.45) is 0. The maximum Gasteiger partial charge on any atom is 0.338 e. The average molecular weight is 405 g/mol. The van der Waals surface area contributed by atoms with Crippen molar-refractivity contribution in [1.82, 2.24) is 0 Å². The lowest BCUT2D eigenvalue weighted by Crippen LogP contribution is -2.22. The Morgan fingerprint density at radius 3 is 2.46 bits per heavy atom. The molecule has 0 aromatic heterocycles. The molecule has 0 spiro atoms. The Bertz CT molecular complexity index is 865. The van der Waals surface area contributed by atoms with Crippen molar-refractivity contribution in [3.8, 4) is 5.75 Å². The van der Waals surface area contributed by atoms with Gasteiger partial charge in [-0.3, -0.25) is 8.51 Å². The van der Waals surface area contributed by atoms with Crippen LogP contribution in [0.1, 0.15) is 17.3 Å². The highest BCUT2D eigenvalue weighted by atomic mass is 35.5. The second-order valence-corrected chi connectivity index (χ2v) is 6.04. The Morgan fingerprint density at radius 2 is 1.92 bits per heavy atom. The van der Waals surface area contributed by atoms with Gasteiger partial charge >= 0.3 is 5.97 Å². The van der Waals surface area contributed by atoms with Crippen molar-refractivity contribution < 1.29 is 31.8 Å². The van der Waals surface area contributed by atoms with Crippen molar-refractivity contribution in [1.29, 1.82) is 0 Å². The Labute approximate surface area is 155 Å². The number of carbonyl (C=O) groups excluding carboxylic acids is 1. The SMILES string of the molecule is CCOC(=O)c1ccc(N(c2cc(F)c(Cl)cc2OC)S(=O)[O-])c(F)c1. The van der Waals surface area contributed by atoms with E-state index >= 15 is 0 Å². The molecular weight excluding hydrogens is 392 g/mol. The fourth-order valence-corrected chi connectivity index (χ4v) is 2.91. The van der Waals surface area contributed by atoms with Gasteiger partial charge in [-0.05, 0) is 25.1 Å². The molecular formula is C16H13ClF2NO5S-. The summed E-state index contributed by atoms with van der Waals surface area (Å²) in [4.78, 5) is 11.7. The first-order chi connectivity index (χ1) is 12.3. The van der Waals surface area contributed by atoms with Gasteiger partial charge in [-0.1, -0.05) is 11.6 Å². The molecule has 0 bridgehead atoms. The Hall–Kier alpha value is -2.23. The number of carbonyl (C=O) groups is 1. The predicted octanol–water partition coefficient (Wildman–Crippen LogP) is 3.74. The summed E-state index contributed by atoms with van der Waals surface area (Å²) in [5.74, 6) is -2.80. The highest BCUT2D eigenvalue weighted by molar-refractivity contribution is 7.81. The van der Waals surface area contributed by atoms with Gasteiger partial charge in [0.2, 0.25) is 0 Å². The third-order valence-corrected chi connectivity index (χ3v) is 4.25.